The Bertz CT molecular complexity index is 902. The zero-order chi connectivity index (χ0) is 19.1. The van der Waals surface area contributed by atoms with Crippen molar-refractivity contribution in [2.75, 3.05) is 31.5 Å². The van der Waals surface area contributed by atoms with Crippen LogP contribution in [0.25, 0.3) is 23.1 Å². The van der Waals surface area contributed by atoms with Gasteiger partial charge in [-0.15, -0.1) is 0 Å². The van der Waals surface area contributed by atoms with Crippen LogP contribution in [0.15, 0.2) is 48.5 Å². The minimum absolute atomic E-state index is 0.242. The summed E-state index contributed by atoms with van der Waals surface area (Å²) in [5.74, 6) is 1.23. The van der Waals surface area contributed by atoms with Crippen LogP contribution in [0.2, 0.25) is 0 Å². The summed E-state index contributed by atoms with van der Waals surface area (Å²) >= 11 is 0. The van der Waals surface area contributed by atoms with Gasteiger partial charge in [-0.05, 0) is 49.0 Å². The van der Waals surface area contributed by atoms with Crippen molar-refractivity contribution in [3.8, 4) is 0 Å². The molecule has 0 saturated heterocycles. The molecule has 0 aliphatic heterocycles. The fourth-order valence-electron chi connectivity index (χ4n) is 2.92. The lowest BCUT2D eigenvalue weighted by Gasteiger charge is -2.18. The highest BCUT2D eigenvalue weighted by Gasteiger charge is 2.06. The average molecular weight is 364 g/mol. The van der Waals surface area contributed by atoms with E-state index in [1.807, 2.05) is 36.4 Å². The largest absolute Gasteiger partial charge is 0.368 e. The summed E-state index contributed by atoms with van der Waals surface area (Å²) in [6, 6.07) is 14.3. The summed E-state index contributed by atoms with van der Waals surface area (Å²) in [6.07, 6.45) is 3.75. The summed E-state index contributed by atoms with van der Waals surface area (Å²) in [5, 5.41) is 4.47. The van der Waals surface area contributed by atoms with Gasteiger partial charge in [-0.25, -0.2) is 14.4 Å². The number of benzene rings is 2. The summed E-state index contributed by atoms with van der Waals surface area (Å²) < 4.78 is 13.0. The summed E-state index contributed by atoms with van der Waals surface area (Å²) in [4.78, 5) is 11.7. The third-order valence-corrected chi connectivity index (χ3v) is 4.53. The van der Waals surface area contributed by atoms with Crippen LogP contribution in [-0.2, 0) is 0 Å². The van der Waals surface area contributed by atoms with Gasteiger partial charge in [-0.1, -0.05) is 44.2 Å². The van der Waals surface area contributed by atoms with E-state index in [-0.39, 0.29) is 5.82 Å². The Hall–Kier alpha value is -2.79. The Kier molecular flexibility index (Phi) is 6.49. The number of hydrogen-bond acceptors (Lipinski definition) is 4. The maximum atomic E-state index is 13.0. The molecule has 0 radical (unpaired) electrons. The fraction of sp³-hybridized carbons (Fsp3) is 0.273. The zero-order valence-electron chi connectivity index (χ0n) is 15.8. The molecule has 1 aromatic heterocycles. The van der Waals surface area contributed by atoms with Crippen molar-refractivity contribution in [2.24, 2.45) is 0 Å². The predicted octanol–water partition coefficient (Wildman–Crippen LogP) is 4.69. The predicted molar refractivity (Wildman–Crippen MR) is 111 cm³/mol. The summed E-state index contributed by atoms with van der Waals surface area (Å²) in [7, 11) is 0. The van der Waals surface area contributed by atoms with Crippen LogP contribution in [0.1, 0.15) is 25.2 Å². The Morgan fingerprint density at radius 2 is 1.70 bits per heavy atom. The first-order chi connectivity index (χ1) is 13.2. The fourth-order valence-corrected chi connectivity index (χ4v) is 2.92. The number of likely N-dealkylation sites (N-methyl/N-ethyl adjacent to an activating group) is 1. The van der Waals surface area contributed by atoms with E-state index >= 15 is 0 Å². The molecule has 1 N–H and O–H groups in total. The molecule has 0 amide bonds. The number of anilines is 1. The van der Waals surface area contributed by atoms with Crippen molar-refractivity contribution >= 4 is 28.9 Å². The van der Waals surface area contributed by atoms with Gasteiger partial charge in [0.05, 0.1) is 5.52 Å². The molecule has 3 rings (SSSR count). The van der Waals surface area contributed by atoms with Crippen molar-refractivity contribution in [2.45, 2.75) is 13.8 Å². The lowest BCUT2D eigenvalue weighted by Crippen LogP contribution is -2.28. The van der Waals surface area contributed by atoms with Gasteiger partial charge in [0, 0.05) is 18.5 Å². The molecule has 27 heavy (non-hydrogen) atoms. The second-order valence-corrected chi connectivity index (χ2v) is 6.29. The van der Waals surface area contributed by atoms with E-state index in [1.54, 1.807) is 12.1 Å². The molecule has 4 nitrogen and oxygen atoms in total. The first-order valence-electron chi connectivity index (χ1n) is 9.36. The molecule has 140 valence electrons. The van der Waals surface area contributed by atoms with E-state index < -0.39 is 0 Å². The van der Waals surface area contributed by atoms with E-state index in [1.165, 1.54) is 12.1 Å². The second kappa shape index (κ2) is 9.24. The summed E-state index contributed by atoms with van der Waals surface area (Å²) in [6.45, 7) is 8.20. The number of fused-ring (bicyclic) bond motifs is 1. The first kappa shape index (κ1) is 19.0. The molecule has 0 aliphatic rings. The molecule has 0 unspecified atom stereocenters. The molecule has 0 fully saturated rings. The van der Waals surface area contributed by atoms with Crippen LogP contribution in [0.4, 0.5) is 10.2 Å². The average Bonchev–Trinajstić information content (AvgIpc) is 2.70. The molecular weight excluding hydrogens is 339 g/mol. The van der Waals surface area contributed by atoms with Crippen LogP contribution >= 0.6 is 0 Å². The lowest BCUT2D eigenvalue weighted by atomic mass is 10.2. The molecule has 0 aliphatic carbocycles. The molecule has 0 saturated carbocycles. The van der Waals surface area contributed by atoms with Crippen molar-refractivity contribution in [3.63, 3.8) is 0 Å². The monoisotopic (exact) mass is 364 g/mol. The highest BCUT2D eigenvalue weighted by molar-refractivity contribution is 5.90. The normalized spacial score (nSPS) is 11.6. The van der Waals surface area contributed by atoms with E-state index in [4.69, 9.17) is 0 Å². The number of hydrogen-bond donors (Lipinski definition) is 1. The van der Waals surface area contributed by atoms with Crippen LogP contribution in [-0.4, -0.2) is 41.0 Å². The SMILES string of the molecule is CCN(CC)CCNc1nc(/C=C/c2ccc(F)cc2)nc2ccccc12. The molecule has 0 bridgehead atoms. The molecule has 0 atom stereocenters. The Morgan fingerprint density at radius 1 is 0.963 bits per heavy atom. The van der Waals surface area contributed by atoms with Gasteiger partial charge in [-0.2, -0.15) is 0 Å². The van der Waals surface area contributed by atoms with Crippen LogP contribution in [0.5, 0.6) is 0 Å². The third-order valence-electron chi connectivity index (χ3n) is 4.53. The number of rotatable bonds is 8. The van der Waals surface area contributed by atoms with Gasteiger partial charge in [0.1, 0.15) is 11.6 Å². The maximum absolute atomic E-state index is 13.0. The van der Waals surface area contributed by atoms with E-state index in [0.29, 0.717) is 5.82 Å². The Morgan fingerprint density at radius 3 is 2.44 bits per heavy atom. The molecule has 0 spiro atoms. The molecule has 2 aromatic carbocycles. The number of aromatic nitrogens is 2. The Balaban J connectivity index is 1.82. The zero-order valence-corrected chi connectivity index (χ0v) is 15.8. The second-order valence-electron chi connectivity index (χ2n) is 6.29. The molecule has 1 heterocycles. The first-order valence-corrected chi connectivity index (χ1v) is 9.36. The third kappa shape index (κ3) is 5.11. The topological polar surface area (TPSA) is 41.0 Å². The highest BCUT2D eigenvalue weighted by atomic mass is 19.1. The van der Waals surface area contributed by atoms with Crippen LogP contribution < -0.4 is 5.32 Å². The summed E-state index contributed by atoms with van der Waals surface area (Å²) in [5.41, 5.74) is 1.81. The van der Waals surface area contributed by atoms with E-state index in [0.717, 1.165) is 48.5 Å². The highest BCUT2D eigenvalue weighted by Crippen LogP contribution is 2.21. The minimum Gasteiger partial charge on any atom is -0.368 e. The molecule has 3 aromatic rings. The van der Waals surface area contributed by atoms with Crippen molar-refractivity contribution < 1.29 is 4.39 Å². The molecular formula is C22H25FN4. The maximum Gasteiger partial charge on any atom is 0.154 e. The number of nitrogens with one attached hydrogen (secondary N) is 1. The van der Waals surface area contributed by atoms with Crippen molar-refractivity contribution in [1.82, 2.24) is 14.9 Å². The van der Waals surface area contributed by atoms with Crippen LogP contribution in [0, 0.1) is 5.82 Å². The standard InChI is InChI=1S/C22H25FN4/c1-3-27(4-2)16-15-24-22-19-7-5-6-8-20(19)25-21(26-22)14-11-17-9-12-18(23)13-10-17/h5-14H,3-4,15-16H2,1-2H3,(H,24,25,26)/b14-11+. The number of para-hydroxylation sites is 1. The smallest absolute Gasteiger partial charge is 0.154 e. The Labute approximate surface area is 159 Å². The molecule has 5 heteroatoms. The van der Waals surface area contributed by atoms with E-state index in [2.05, 4.69) is 34.0 Å². The van der Waals surface area contributed by atoms with Crippen molar-refractivity contribution in [1.29, 1.82) is 0 Å². The van der Waals surface area contributed by atoms with Gasteiger partial charge in [0.15, 0.2) is 5.82 Å². The van der Waals surface area contributed by atoms with Gasteiger partial charge >= 0.3 is 0 Å². The lowest BCUT2D eigenvalue weighted by molar-refractivity contribution is 0.316. The van der Waals surface area contributed by atoms with E-state index in [9.17, 15) is 4.39 Å². The van der Waals surface area contributed by atoms with Crippen LogP contribution in [0.3, 0.4) is 0 Å². The quantitative estimate of drug-likeness (QED) is 0.629. The van der Waals surface area contributed by atoms with Crippen molar-refractivity contribution in [3.05, 3.63) is 65.7 Å². The minimum atomic E-state index is -0.242. The van der Waals surface area contributed by atoms with Gasteiger partial charge in [-0.3, -0.25) is 0 Å². The number of halogens is 1. The van der Waals surface area contributed by atoms with Gasteiger partial charge in [0.2, 0.25) is 0 Å². The van der Waals surface area contributed by atoms with Gasteiger partial charge in [0.25, 0.3) is 0 Å². The van der Waals surface area contributed by atoms with Gasteiger partial charge < -0.3 is 10.2 Å². The number of nitrogens with zero attached hydrogens (tertiary/aromatic N) is 3.